The average molecular weight is 263 g/mol. The fourth-order valence-corrected chi connectivity index (χ4v) is 1.76. The van der Waals surface area contributed by atoms with Crippen LogP contribution in [0.25, 0.3) is 12.2 Å². The number of rotatable bonds is 4. The molecular formula is C18H17NO. The molecule has 0 atom stereocenters. The Bertz CT molecular complexity index is 612. The van der Waals surface area contributed by atoms with Crippen LogP contribution >= 0.6 is 0 Å². The summed E-state index contributed by atoms with van der Waals surface area (Å²) in [6, 6.07) is 19.6. The molecule has 0 radical (unpaired) electrons. The number of hydrogen-bond acceptors (Lipinski definition) is 1. The molecule has 0 heterocycles. The van der Waals surface area contributed by atoms with Gasteiger partial charge in [-0.3, -0.25) is 4.79 Å². The van der Waals surface area contributed by atoms with Crippen LogP contribution in [0, 0.1) is 0 Å². The maximum absolute atomic E-state index is 11.9. The van der Waals surface area contributed by atoms with Crippen LogP contribution in [0.5, 0.6) is 0 Å². The minimum atomic E-state index is -0.0963. The van der Waals surface area contributed by atoms with E-state index in [1.54, 1.807) is 13.1 Å². The van der Waals surface area contributed by atoms with Gasteiger partial charge in [0.05, 0.1) is 0 Å². The first-order valence-corrected chi connectivity index (χ1v) is 6.51. The number of carbonyl (C=O) groups excluding carboxylic acids is 1. The molecule has 0 spiro atoms. The minimum absolute atomic E-state index is 0.0963. The van der Waals surface area contributed by atoms with Crippen LogP contribution in [-0.4, -0.2) is 5.91 Å². The second kappa shape index (κ2) is 7.10. The number of hydrogen-bond donors (Lipinski definition) is 1. The van der Waals surface area contributed by atoms with Gasteiger partial charge < -0.3 is 5.32 Å². The molecule has 0 saturated carbocycles. The van der Waals surface area contributed by atoms with Crippen LogP contribution in [0.3, 0.4) is 0 Å². The molecule has 2 rings (SSSR count). The summed E-state index contributed by atoms with van der Waals surface area (Å²) in [5, 5.41) is 2.76. The molecule has 0 unspecified atom stereocenters. The molecule has 2 aromatic rings. The van der Waals surface area contributed by atoms with Crippen molar-refractivity contribution in [2.24, 2.45) is 0 Å². The molecule has 1 amide bonds. The van der Waals surface area contributed by atoms with E-state index in [2.05, 4.69) is 5.32 Å². The van der Waals surface area contributed by atoms with Gasteiger partial charge in [0.1, 0.15) is 0 Å². The number of benzene rings is 2. The van der Waals surface area contributed by atoms with Crippen LogP contribution < -0.4 is 5.32 Å². The first kappa shape index (κ1) is 13.8. The summed E-state index contributed by atoms with van der Waals surface area (Å²) in [6.45, 7) is 1.80. The molecule has 2 nitrogen and oxygen atoms in total. The van der Waals surface area contributed by atoms with Gasteiger partial charge >= 0.3 is 0 Å². The van der Waals surface area contributed by atoms with Crippen molar-refractivity contribution in [3.63, 3.8) is 0 Å². The van der Waals surface area contributed by atoms with Crippen molar-refractivity contribution in [1.29, 1.82) is 0 Å². The van der Waals surface area contributed by atoms with Gasteiger partial charge in [-0.05, 0) is 30.2 Å². The monoisotopic (exact) mass is 263 g/mol. The lowest BCUT2D eigenvalue weighted by Gasteiger charge is -2.01. The molecule has 20 heavy (non-hydrogen) atoms. The molecule has 0 bridgehead atoms. The highest BCUT2D eigenvalue weighted by atomic mass is 16.1. The lowest BCUT2D eigenvalue weighted by molar-refractivity contribution is -0.116. The van der Waals surface area contributed by atoms with Crippen LogP contribution in [0.15, 0.2) is 72.4 Å². The van der Waals surface area contributed by atoms with E-state index in [9.17, 15) is 4.79 Å². The van der Waals surface area contributed by atoms with E-state index >= 15 is 0 Å². The largest absolute Gasteiger partial charge is 0.329 e. The SMILES string of the molecule is C/C(=C\c1ccccc1)C(=O)N/C=C/c1ccccc1. The summed E-state index contributed by atoms with van der Waals surface area (Å²) >= 11 is 0. The predicted octanol–water partition coefficient (Wildman–Crippen LogP) is 3.88. The van der Waals surface area contributed by atoms with Crippen molar-refractivity contribution in [2.75, 3.05) is 0 Å². The number of carbonyl (C=O) groups is 1. The summed E-state index contributed by atoms with van der Waals surface area (Å²) in [5.41, 5.74) is 2.75. The van der Waals surface area contributed by atoms with Crippen molar-refractivity contribution >= 4 is 18.1 Å². The van der Waals surface area contributed by atoms with E-state index < -0.39 is 0 Å². The molecule has 0 aromatic heterocycles. The summed E-state index contributed by atoms with van der Waals surface area (Å²) < 4.78 is 0. The molecule has 0 fully saturated rings. The zero-order chi connectivity index (χ0) is 14.2. The highest BCUT2D eigenvalue weighted by Gasteiger charge is 2.01. The Labute approximate surface area is 119 Å². The van der Waals surface area contributed by atoms with Gasteiger partial charge in [0.15, 0.2) is 0 Å². The fraction of sp³-hybridized carbons (Fsp3) is 0.0556. The third-order valence-corrected chi connectivity index (χ3v) is 2.83. The molecule has 1 N–H and O–H groups in total. The van der Waals surface area contributed by atoms with Crippen LogP contribution in [0.4, 0.5) is 0 Å². The number of nitrogens with one attached hydrogen (secondary N) is 1. The Morgan fingerprint density at radius 2 is 1.45 bits per heavy atom. The second-order valence-corrected chi connectivity index (χ2v) is 4.46. The summed E-state index contributed by atoms with van der Waals surface area (Å²) in [7, 11) is 0. The van der Waals surface area contributed by atoms with Crippen molar-refractivity contribution in [2.45, 2.75) is 6.92 Å². The van der Waals surface area contributed by atoms with Crippen LogP contribution in [-0.2, 0) is 4.79 Å². The van der Waals surface area contributed by atoms with Gasteiger partial charge in [0.2, 0.25) is 0 Å². The fourth-order valence-electron chi connectivity index (χ4n) is 1.76. The van der Waals surface area contributed by atoms with Crippen molar-refractivity contribution < 1.29 is 4.79 Å². The summed E-state index contributed by atoms with van der Waals surface area (Å²) in [5.74, 6) is -0.0963. The first-order chi connectivity index (χ1) is 9.75. The van der Waals surface area contributed by atoms with E-state index in [1.807, 2.05) is 72.8 Å². The summed E-state index contributed by atoms with van der Waals surface area (Å²) in [4.78, 5) is 11.9. The van der Waals surface area contributed by atoms with Gasteiger partial charge in [-0.1, -0.05) is 60.7 Å². The maximum atomic E-state index is 11.9. The lowest BCUT2D eigenvalue weighted by Crippen LogP contribution is -2.17. The average Bonchev–Trinajstić information content (AvgIpc) is 2.49. The van der Waals surface area contributed by atoms with E-state index in [0.717, 1.165) is 11.1 Å². The van der Waals surface area contributed by atoms with E-state index in [4.69, 9.17) is 0 Å². The van der Waals surface area contributed by atoms with Gasteiger partial charge in [-0.15, -0.1) is 0 Å². The lowest BCUT2D eigenvalue weighted by atomic mass is 10.1. The van der Waals surface area contributed by atoms with E-state index in [1.165, 1.54) is 0 Å². The molecule has 0 aliphatic heterocycles. The van der Waals surface area contributed by atoms with Crippen molar-refractivity contribution in [3.8, 4) is 0 Å². The maximum Gasteiger partial charge on any atom is 0.250 e. The van der Waals surface area contributed by atoms with Gasteiger partial charge in [0.25, 0.3) is 5.91 Å². The van der Waals surface area contributed by atoms with Gasteiger partial charge in [-0.2, -0.15) is 0 Å². The normalized spacial score (nSPS) is 11.6. The standard InChI is InChI=1S/C18H17NO/c1-15(14-17-10-6-3-7-11-17)18(20)19-13-12-16-8-4-2-5-9-16/h2-14H,1H3,(H,19,20)/b13-12+,15-14+. The molecule has 0 aliphatic rings. The Morgan fingerprint density at radius 3 is 2.05 bits per heavy atom. The van der Waals surface area contributed by atoms with Gasteiger partial charge in [0, 0.05) is 11.8 Å². The van der Waals surface area contributed by atoms with Crippen LogP contribution in [0.2, 0.25) is 0 Å². The molecule has 0 aliphatic carbocycles. The predicted molar refractivity (Wildman–Crippen MR) is 83.7 cm³/mol. The minimum Gasteiger partial charge on any atom is -0.329 e. The van der Waals surface area contributed by atoms with E-state index in [0.29, 0.717) is 5.57 Å². The van der Waals surface area contributed by atoms with Crippen molar-refractivity contribution in [1.82, 2.24) is 5.32 Å². The smallest absolute Gasteiger partial charge is 0.250 e. The zero-order valence-electron chi connectivity index (χ0n) is 11.4. The molecule has 0 saturated heterocycles. The Morgan fingerprint density at radius 1 is 0.900 bits per heavy atom. The molecule has 2 aromatic carbocycles. The summed E-state index contributed by atoms with van der Waals surface area (Å²) in [6.07, 6.45) is 5.40. The Kier molecular flexibility index (Phi) is 4.90. The molecule has 2 heteroatoms. The van der Waals surface area contributed by atoms with Crippen molar-refractivity contribution in [3.05, 3.63) is 83.6 Å². The number of amides is 1. The van der Waals surface area contributed by atoms with E-state index in [-0.39, 0.29) is 5.91 Å². The third-order valence-electron chi connectivity index (χ3n) is 2.83. The first-order valence-electron chi connectivity index (χ1n) is 6.51. The van der Waals surface area contributed by atoms with Crippen LogP contribution in [0.1, 0.15) is 18.1 Å². The second-order valence-electron chi connectivity index (χ2n) is 4.46. The van der Waals surface area contributed by atoms with Gasteiger partial charge in [-0.25, -0.2) is 0 Å². The Balaban J connectivity index is 1.95. The highest BCUT2D eigenvalue weighted by molar-refractivity contribution is 5.98. The Hall–Kier alpha value is -2.61. The molecule has 100 valence electrons. The molecular weight excluding hydrogens is 246 g/mol. The topological polar surface area (TPSA) is 29.1 Å². The quantitative estimate of drug-likeness (QED) is 0.833. The highest BCUT2D eigenvalue weighted by Crippen LogP contribution is 2.06. The third kappa shape index (κ3) is 4.25. The zero-order valence-corrected chi connectivity index (χ0v) is 11.4.